The summed E-state index contributed by atoms with van der Waals surface area (Å²) in [4.78, 5) is 56.2. The topological polar surface area (TPSA) is 179 Å². The van der Waals surface area contributed by atoms with E-state index in [9.17, 15) is 19.2 Å². The lowest BCUT2D eigenvalue weighted by atomic mass is 9.96. The standard InChI is InChI=1S/C20H34N6O5S/c1-5-11(4)16(19(29)24-14(8-32)20(30)31)26-18(28)15(10(2)3)25-17(27)13(21)6-12-7-22-9-23-12/h7,9-11,13-16,32H,5-6,8,21H2,1-4H3,(H,22,23)(H,24,29)(H,25,27)(H,26,28)(H,30,31). The number of amides is 3. The normalized spacial score (nSPS) is 15.8. The van der Waals surface area contributed by atoms with E-state index in [4.69, 9.17) is 10.8 Å². The van der Waals surface area contributed by atoms with Crippen molar-refractivity contribution < 1.29 is 24.3 Å². The second-order valence-corrected chi connectivity index (χ2v) is 8.44. The molecule has 5 atom stereocenters. The average Bonchev–Trinajstić information content (AvgIpc) is 3.25. The van der Waals surface area contributed by atoms with E-state index in [1.807, 2.05) is 6.92 Å². The van der Waals surface area contributed by atoms with Gasteiger partial charge in [-0.05, 0) is 11.8 Å². The largest absolute Gasteiger partial charge is 0.480 e. The van der Waals surface area contributed by atoms with Crippen molar-refractivity contribution in [1.29, 1.82) is 0 Å². The van der Waals surface area contributed by atoms with Gasteiger partial charge in [-0.3, -0.25) is 14.4 Å². The van der Waals surface area contributed by atoms with E-state index >= 15 is 0 Å². The summed E-state index contributed by atoms with van der Waals surface area (Å²) < 4.78 is 0. The molecule has 0 aliphatic carbocycles. The van der Waals surface area contributed by atoms with Crippen LogP contribution < -0.4 is 21.7 Å². The number of aliphatic carboxylic acids is 1. The van der Waals surface area contributed by atoms with Crippen molar-refractivity contribution in [3.8, 4) is 0 Å². The first-order valence-electron chi connectivity index (χ1n) is 10.5. The fourth-order valence-electron chi connectivity index (χ4n) is 2.91. The lowest BCUT2D eigenvalue weighted by molar-refractivity contribution is -0.142. The molecule has 0 bridgehead atoms. The van der Waals surface area contributed by atoms with E-state index in [-0.39, 0.29) is 24.0 Å². The molecule has 0 aliphatic heterocycles. The van der Waals surface area contributed by atoms with Crippen molar-refractivity contribution in [2.75, 3.05) is 5.75 Å². The van der Waals surface area contributed by atoms with Crippen molar-refractivity contribution >= 4 is 36.3 Å². The summed E-state index contributed by atoms with van der Waals surface area (Å²) in [5, 5.41) is 16.9. The summed E-state index contributed by atoms with van der Waals surface area (Å²) in [5.41, 5.74) is 6.64. The van der Waals surface area contributed by atoms with Crippen LogP contribution in [-0.4, -0.2) is 68.7 Å². The summed E-state index contributed by atoms with van der Waals surface area (Å²) in [6.45, 7) is 7.13. The first kappa shape index (κ1) is 27.4. The molecule has 0 aromatic carbocycles. The third kappa shape index (κ3) is 8.15. The number of aromatic nitrogens is 2. The summed E-state index contributed by atoms with van der Waals surface area (Å²) in [7, 11) is 0. The zero-order valence-corrected chi connectivity index (χ0v) is 19.7. The zero-order valence-electron chi connectivity index (χ0n) is 18.8. The average molecular weight is 471 g/mol. The van der Waals surface area contributed by atoms with Gasteiger partial charge in [0.25, 0.3) is 0 Å². The molecule has 3 amide bonds. The number of carbonyl (C=O) groups excluding carboxylic acids is 3. The van der Waals surface area contributed by atoms with E-state index in [0.717, 1.165) is 0 Å². The SMILES string of the molecule is CCC(C)C(NC(=O)C(NC(=O)C(N)Cc1cnc[nH]1)C(C)C)C(=O)NC(CS)C(=O)O. The van der Waals surface area contributed by atoms with Crippen molar-refractivity contribution in [1.82, 2.24) is 25.9 Å². The maximum atomic E-state index is 13.0. The molecule has 32 heavy (non-hydrogen) atoms. The van der Waals surface area contributed by atoms with Crippen LogP contribution in [0.15, 0.2) is 12.5 Å². The smallest absolute Gasteiger partial charge is 0.327 e. The van der Waals surface area contributed by atoms with Crippen LogP contribution >= 0.6 is 12.6 Å². The minimum absolute atomic E-state index is 0.0961. The van der Waals surface area contributed by atoms with Gasteiger partial charge >= 0.3 is 5.97 Å². The maximum absolute atomic E-state index is 13.0. The third-order valence-corrected chi connectivity index (χ3v) is 5.53. The van der Waals surface area contributed by atoms with Gasteiger partial charge < -0.3 is 31.8 Å². The van der Waals surface area contributed by atoms with Gasteiger partial charge in [0.1, 0.15) is 18.1 Å². The Morgan fingerprint density at radius 2 is 1.69 bits per heavy atom. The molecule has 11 nitrogen and oxygen atoms in total. The summed E-state index contributed by atoms with van der Waals surface area (Å²) in [5.74, 6) is -3.58. The van der Waals surface area contributed by atoms with Crippen LogP contribution in [0.1, 0.15) is 39.8 Å². The molecule has 0 aliphatic rings. The van der Waals surface area contributed by atoms with Crippen LogP contribution in [0.5, 0.6) is 0 Å². The first-order valence-corrected chi connectivity index (χ1v) is 11.1. The van der Waals surface area contributed by atoms with Gasteiger partial charge in [-0.1, -0.05) is 34.1 Å². The molecule has 0 radical (unpaired) electrons. The molecule has 1 aromatic rings. The Kier molecular flexibility index (Phi) is 11.2. The van der Waals surface area contributed by atoms with E-state index in [1.54, 1.807) is 27.0 Å². The Labute approximate surface area is 193 Å². The number of hydrogen-bond acceptors (Lipinski definition) is 7. The first-order chi connectivity index (χ1) is 15.0. The van der Waals surface area contributed by atoms with Gasteiger partial charge in [-0.2, -0.15) is 12.6 Å². The molecular weight excluding hydrogens is 436 g/mol. The Morgan fingerprint density at radius 3 is 2.16 bits per heavy atom. The van der Waals surface area contributed by atoms with Gasteiger partial charge in [-0.15, -0.1) is 0 Å². The van der Waals surface area contributed by atoms with Gasteiger partial charge in [0.15, 0.2) is 0 Å². The number of carbonyl (C=O) groups is 4. The molecule has 1 rings (SSSR count). The van der Waals surface area contributed by atoms with Gasteiger partial charge in [0.05, 0.1) is 12.4 Å². The van der Waals surface area contributed by atoms with E-state index in [1.165, 1.54) is 6.33 Å². The Morgan fingerprint density at radius 1 is 1.09 bits per heavy atom. The number of carboxylic acid groups (broad SMARTS) is 1. The van der Waals surface area contributed by atoms with Crippen LogP contribution in [0, 0.1) is 11.8 Å². The number of nitrogens with zero attached hydrogens (tertiary/aromatic N) is 1. The number of thiol groups is 1. The Balaban J connectivity index is 2.89. The predicted octanol–water partition coefficient (Wildman–Crippen LogP) is -0.550. The molecular formula is C20H34N6O5S. The molecule has 1 aromatic heterocycles. The number of nitrogens with one attached hydrogen (secondary N) is 4. The highest BCUT2D eigenvalue weighted by Crippen LogP contribution is 2.11. The van der Waals surface area contributed by atoms with E-state index in [2.05, 4.69) is 38.5 Å². The molecule has 7 N–H and O–H groups in total. The number of H-pyrrole nitrogens is 1. The molecule has 5 unspecified atom stereocenters. The zero-order chi connectivity index (χ0) is 24.4. The molecule has 0 saturated carbocycles. The highest BCUT2D eigenvalue weighted by molar-refractivity contribution is 7.80. The molecule has 1 heterocycles. The quantitative estimate of drug-likeness (QED) is 0.189. The van der Waals surface area contributed by atoms with Crippen LogP contribution in [0.2, 0.25) is 0 Å². The molecule has 180 valence electrons. The van der Waals surface area contributed by atoms with Crippen molar-refractivity contribution in [3.05, 3.63) is 18.2 Å². The van der Waals surface area contributed by atoms with Gasteiger partial charge in [-0.25, -0.2) is 9.78 Å². The minimum atomic E-state index is -1.22. The summed E-state index contributed by atoms with van der Waals surface area (Å²) in [6.07, 6.45) is 3.82. The number of aromatic amines is 1. The number of hydrogen-bond donors (Lipinski definition) is 7. The van der Waals surface area contributed by atoms with Crippen LogP contribution in [-0.2, 0) is 25.6 Å². The van der Waals surface area contributed by atoms with Crippen molar-refractivity contribution in [3.63, 3.8) is 0 Å². The van der Waals surface area contributed by atoms with Gasteiger partial charge in [0, 0.05) is 24.1 Å². The van der Waals surface area contributed by atoms with E-state index in [0.29, 0.717) is 12.1 Å². The lowest BCUT2D eigenvalue weighted by Gasteiger charge is -2.29. The van der Waals surface area contributed by atoms with Crippen molar-refractivity contribution in [2.24, 2.45) is 17.6 Å². The number of imidazole rings is 1. The van der Waals surface area contributed by atoms with E-state index < -0.39 is 47.9 Å². The lowest BCUT2D eigenvalue weighted by Crippen LogP contribution is -2.60. The fourth-order valence-corrected chi connectivity index (χ4v) is 3.16. The second-order valence-electron chi connectivity index (χ2n) is 8.07. The third-order valence-electron chi connectivity index (χ3n) is 5.17. The van der Waals surface area contributed by atoms with Crippen LogP contribution in [0.25, 0.3) is 0 Å². The summed E-state index contributed by atoms with van der Waals surface area (Å²) in [6, 6.07) is -4.00. The number of rotatable bonds is 13. The summed E-state index contributed by atoms with van der Waals surface area (Å²) >= 11 is 3.94. The molecule has 0 spiro atoms. The monoisotopic (exact) mass is 470 g/mol. The van der Waals surface area contributed by atoms with Gasteiger partial charge in [0.2, 0.25) is 17.7 Å². The molecule has 12 heteroatoms. The number of nitrogens with two attached hydrogens (primary N) is 1. The Hall–Kier alpha value is -2.60. The van der Waals surface area contributed by atoms with Crippen LogP contribution in [0.3, 0.4) is 0 Å². The highest BCUT2D eigenvalue weighted by atomic mass is 32.1. The Bertz CT molecular complexity index is 773. The highest BCUT2D eigenvalue weighted by Gasteiger charge is 2.33. The van der Waals surface area contributed by atoms with Crippen molar-refractivity contribution in [2.45, 2.75) is 64.7 Å². The minimum Gasteiger partial charge on any atom is -0.480 e. The maximum Gasteiger partial charge on any atom is 0.327 e. The molecule has 0 saturated heterocycles. The van der Waals surface area contributed by atoms with Crippen LogP contribution in [0.4, 0.5) is 0 Å². The molecule has 0 fully saturated rings. The fraction of sp³-hybridized carbons (Fsp3) is 0.650. The number of carboxylic acids is 1. The predicted molar refractivity (Wildman–Crippen MR) is 122 cm³/mol. The second kappa shape index (κ2) is 13.1.